The molecule has 0 saturated carbocycles. The lowest BCUT2D eigenvalue weighted by Crippen LogP contribution is -2.41. The van der Waals surface area contributed by atoms with E-state index in [0.29, 0.717) is 38.7 Å². The number of amides is 1. The van der Waals surface area contributed by atoms with Crippen molar-refractivity contribution in [1.29, 1.82) is 0 Å². The van der Waals surface area contributed by atoms with Crippen molar-refractivity contribution in [3.63, 3.8) is 0 Å². The van der Waals surface area contributed by atoms with Gasteiger partial charge in [0.2, 0.25) is 5.91 Å². The van der Waals surface area contributed by atoms with Gasteiger partial charge in [0, 0.05) is 17.8 Å². The van der Waals surface area contributed by atoms with Gasteiger partial charge in [0.15, 0.2) is 0 Å². The van der Waals surface area contributed by atoms with Crippen molar-refractivity contribution < 1.29 is 14.3 Å². The van der Waals surface area contributed by atoms with Crippen LogP contribution in [-0.2, 0) is 14.3 Å². The Kier molecular flexibility index (Phi) is 10.4. The lowest BCUT2D eigenvalue weighted by atomic mass is 10.1. The second-order valence-electron chi connectivity index (χ2n) is 4.86. The average molecular weight is 278 g/mol. The molecule has 108 valence electrons. The molecule has 0 unspecified atom stereocenters. The Morgan fingerprint density at radius 1 is 1.17 bits per heavy atom. The molecule has 0 rings (SSSR count). The van der Waals surface area contributed by atoms with E-state index in [9.17, 15) is 4.79 Å². The van der Waals surface area contributed by atoms with Crippen molar-refractivity contribution >= 4 is 17.7 Å². The monoisotopic (exact) mass is 278 g/mol. The van der Waals surface area contributed by atoms with E-state index in [-0.39, 0.29) is 11.4 Å². The Morgan fingerprint density at radius 2 is 1.78 bits per heavy atom. The second kappa shape index (κ2) is 10.6. The van der Waals surface area contributed by atoms with Gasteiger partial charge in [-0.1, -0.05) is 0 Å². The Morgan fingerprint density at radius 3 is 2.33 bits per heavy atom. The molecule has 3 N–H and O–H groups in total. The molecule has 0 aromatic rings. The molecule has 0 heterocycles. The highest BCUT2D eigenvalue weighted by Crippen LogP contribution is 2.03. The van der Waals surface area contributed by atoms with Gasteiger partial charge in [-0.05, 0) is 20.8 Å². The SMILES string of the molecule is CC(C)(C)NC(=O)CSCCOCCOCCN. The number of carbonyl (C=O) groups is 1. The number of thioether (sulfide) groups is 1. The van der Waals surface area contributed by atoms with Gasteiger partial charge in [-0.3, -0.25) is 4.79 Å². The molecule has 0 aliphatic heterocycles. The molecule has 18 heavy (non-hydrogen) atoms. The number of nitrogens with two attached hydrogens (primary N) is 1. The third-order valence-corrected chi connectivity index (χ3v) is 2.68. The van der Waals surface area contributed by atoms with Gasteiger partial charge in [-0.15, -0.1) is 11.8 Å². The zero-order valence-electron chi connectivity index (χ0n) is 11.7. The Bertz CT molecular complexity index is 220. The second-order valence-corrected chi connectivity index (χ2v) is 5.97. The largest absolute Gasteiger partial charge is 0.378 e. The summed E-state index contributed by atoms with van der Waals surface area (Å²) in [5.74, 6) is 1.36. The van der Waals surface area contributed by atoms with Crippen LogP contribution < -0.4 is 11.1 Å². The fourth-order valence-corrected chi connectivity index (χ4v) is 1.78. The van der Waals surface area contributed by atoms with Crippen LogP contribution in [0.1, 0.15) is 20.8 Å². The van der Waals surface area contributed by atoms with Gasteiger partial charge in [0.1, 0.15) is 0 Å². The molecule has 0 radical (unpaired) electrons. The first-order chi connectivity index (χ1) is 8.45. The highest BCUT2D eigenvalue weighted by molar-refractivity contribution is 7.99. The van der Waals surface area contributed by atoms with Crippen molar-refractivity contribution in [1.82, 2.24) is 5.32 Å². The highest BCUT2D eigenvalue weighted by atomic mass is 32.2. The molecule has 0 aliphatic rings. The average Bonchev–Trinajstić information content (AvgIpc) is 2.24. The standard InChI is InChI=1S/C12H26N2O3S/c1-12(2,3)14-11(15)10-18-9-8-17-7-6-16-5-4-13/h4-10,13H2,1-3H3,(H,14,15). The lowest BCUT2D eigenvalue weighted by molar-refractivity contribution is -0.119. The molecule has 0 saturated heterocycles. The summed E-state index contributed by atoms with van der Waals surface area (Å²) < 4.78 is 10.5. The molecular formula is C12H26N2O3S. The molecule has 0 bridgehead atoms. The third-order valence-electron chi connectivity index (χ3n) is 1.75. The van der Waals surface area contributed by atoms with E-state index in [2.05, 4.69) is 5.32 Å². The van der Waals surface area contributed by atoms with Crippen molar-refractivity contribution in [3.05, 3.63) is 0 Å². The fourth-order valence-electron chi connectivity index (χ4n) is 1.14. The van der Waals surface area contributed by atoms with Gasteiger partial charge in [0.25, 0.3) is 0 Å². The summed E-state index contributed by atoms with van der Waals surface area (Å²) >= 11 is 1.57. The molecule has 0 fully saturated rings. The van der Waals surface area contributed by atoms with Crippen molar-refractivity contribution in [2.45, 2.75) is 26.3 Å². The van der Waals surface area contributed by atoms with Gasteiger partial charge in [-0.2, -0.15) is 0 Å². The van der Waals surface area contributed by atoms with Gasteiger partial charge in [-0.25, -0.2) is 0 Å². The third kappa shape index (κ3) is 13.8. The first kappa shape index (κ1) is 17.7. The van der Waals surface area contributed by atoms with Crippen LogP contribution in [0.4, 0.5) is 0 Å². The number of rotatable bonds is 10. The van der Waals surface area contributed by atoms with Crippen LogP contribution in [0.25, 0.3) is 0 Å². The lowest BCUT2D eigenvalue weighted by Gasteiger charge is -2.20. The first-order valence-corrected chi connectivity index (χ1v) is 7.35. The molecule has 0 aromatic heterocycles. The highest BCUT2D eigenvalue weighted by Gasteiger charge is 2.12. The minimum absolute atomic E-state index is 0.0683. The Labute approximate surface area is 114 Å². The summed E-state index contributed by atoms with van der Waals surface area (Å²) in [5, 5.41) is 2.91. The van der Waals surface area contributed by atoms with E-state index in [1.807, 2.05) is 20.8 Å². The summed E-state index contributed by atoms with van der Waals surface area (Å²) in [6, 6.07) is 0. The smallest absolute Gasteiger partial charge is 0.230 e. The van der Waals surface area contributed by atoms with E-state index < -0.39 is 0 Å². The molecule has 1 amide bonds. The first-order valence-electron chi connectivity index (χ1n) is 6.20. The van der Waals surface area contributed by atoms with Crippen LogP contribution in [0, 0.1) is 0 Å². The number of hydrogen-bond donors (Lipinski definition) is 2. The van der Waals surface area contributed by atoms with Crippen LogP contribution in [0.15, 0.2) is 0 Å². The maximum absolute atomic E-state index is 11.5. The quantitative estimate of drug-likeness (QED) is 0.573. The van der Waals surface area contributed by atoms with E-state index in [0.717, 1.165) is 5.75 Å². The van der Waals surface area contributed by atoms with Crippen LogP contribution in [0.5, 0.6) is 0 Å². The molecule has 5 nitrogen and oxygen atoms in total. The van der Waals surface area contributed by atoms with Gasteiger partial charge >= 0.3 is 0 Å². The Hall–Kier alpha value is -0.300. The normalized spacial score (nSPS) is 11.6. The molecule has 0 aliphatic carbocycles. The zero-order valence-corrected chi connectivity index (χ0v) is 12.5. The summed E-state index contributed by atoms with van der Waals surface area (Å²) in [5.41, 5.74) is 5.12. The maximum atomic E-state index is 11.5. The van der Waals surface area contributed by atoms with Crippen molar-refractivity contribution in [2.24, 2.45) is 5.73 Å². The molecule has 0 spiro atoms. The fraction of sp³-hybridized carbons (Fsp3) is 0.917. The molecule has 6 heteroatoms. The number of nitrogens with one attached hydrogen (secondary N) is 1. The Balaban J connectivity index is 3.23. The minimum Gasteiger partial charge on any atom is -0.378 e. The van der Waals surface area contributed by atoms with Gasteiger partial charge in [0.05, 0.1) is 32.2 Å². The summed E-state index contributed by atoms with van der Waals surface area (Å²) in [6.45, 7) is 8.82. The molecule has 0 atom stereocenters. The number of ether oxygens (including phenoxy) is 2. The van der Waals surface area contributed by atoms with E-state index in [1.54, 1.807) is 11.8 Å². The van der Waals surface area contributed by atoms with Crippen LogP contribution >= 0.6 is 11.8 Å². The summed E-state index contributed by atoms with van der Waals surface area (Å²) in [4.78, 5) is 11.5. The predicted molar refractivity (Wildman–Crippen MR) is 75.9 cm³/mol. The zero-order chi connectivity index (χ0) is 13.9. The van der Waals surface area contributed by atoms with Crippen LogP contribution in [0.3, 0.4) is 0 Å². The topological polar surface area (TPSA) is 73.6 Å². The predicted octanol–water partition coefficient (Wildman–Crippen LogP) is 0.626. The molecule has 0 aromatic carbocycles. The van der Waals surface area contributed by atoms with E-state index in [1.165, 1.54) is 0 Å². The molecular weight excluding hydrogens is 252 g/mol. The minimum atomic E-state index is -0.158. The summed E-state index contributed by atoms with van der Waals surface area (Å²) in [7, 11) is 0. The van der Waals surface area contributed by atoms with Crippen LogP contribution in [0.2, 0.25) is 0 Å². The van der Waals surface area contributed by atoms with E-state index in [4.69, 9.17) is 15.2 Å². The van der Waals surface area contributed by atoms with Gasteiger partial charge < -0.3 is 20.5 Å². The summed E-state index contributed by atoms with van der Waals surface area (Å²) in [6.07, 6.45) is 0. The van der Waals surface area contributed by atoms with Crippen molar-refractivity contribution in [3.8, 4) is 0 Å². The van der Waals surface area contributed by atoms with Crippen LogP contribution in [-0.4, -0.2) is 55.9 Å². The maximum Gasteiger partial charge on any atom is 0.230 e. The van der Waals surface area contributed by atoms with Crippen molar-refractivity contribution in [2.75, 3.05) is 44.5 Å². The van der Waals surface area contributed by atoms with E-state index >= 15 is 0 Å². The number of carbonyl (C=O) groups excluding carboxylic acids is 1. The number of hydrogen-bond acceptors (Lipinski definition) is 5.